The minimum absolute atomic E-state index is 0.0253. The van der Waals surface area contributed by atoms with Gasteiger partial charge in [-0.05, 0) is 37.5 Å². The molecule has 0 aromatic heterocycles. The molecule has 3 N–H and O–H groups in total. The Morgan fingerprint density at radius 1 is 1.55 bits per heavy atom. The number of nitrogen functional groups attached to an aromatic ring is 1. The Labute approximate surface area is 120 Å². The zero-order valence-electron chi connectivity index (χ0n) is 12.2. The quantitative estimate of drug-likeness (QED) is 0.626. The minimum Gasteiger partial charge on any atom is -0.399 e. The smallest absolute Gasteiger partial charge is 0.242 e. The third-order valence-corrected chi connectivity index (χ3v) is 3.72. The molecule has 1 heterocycles. The number of hydrogen-bond acceptors (Lipinski definition) is 4. The first-order valence-electron chi connectivity index (χ1n) is 7.05. The molecule has 5 heteroatoms. The van der Waals surface area contributed by atoms with Crippen LogP contribution in [0.2, 0.25) is 0 Å². The first-order valence-corrected chi connectivity index (χ1v) is 7.05. The number of benzene rings is 1. The zero-order chi connectivity index (χ0) is 14.5. The summed E-state index contributed by atoms with van der Waals surface area (Å²) in [7, 11) is 1.62. The molecule has 0 saturated carbocycles. The number of anilines is 2. The maximum absolute atomic E-state index is 12.2. The highest BCUT2D eigenvalue weighted by atomic mass is 16.5. The molecule has 2 rings (SSSR count). The lowest BCUT2D eigenvalue weighted by Gasteiger charge is -2.35. The van der Waals surface area contributed by atoms with Crippen molar-refractivity contribution in [1.29, 1.82) is 0 Å². The molecule has 1 atom stereocenters. The first kappa shape index (κ1) is 14.7. The van der Waals surface area contributed by atoms with Gasteiger partial charge < -0.3 is 20.7 Å². The van der Waals surface area contributed by atoms with Crippen LogP contribution in [0.15, 0.2) is 18.2 Å². The Balaban J connectivity index is 2.10. The van der Waals surface area contributed by atoms with Crippen LogP contribution in [0.4, 0.5) is 11.4 Å². The van der Waals surface area contributed by atoms with E-state index in [4.69, 9.17) is 10.5 Å². The standard InChI is InChI=1S/C15H23N3O2/c1-11(15(19)17-7-9-20-2)18-8-3-4-12-5-6-13(16)10-14(12)18/h5-6,10-11H,3-4,7-9,16H2,1-2H3,(H,17,19). The van der Waals surface area contributed by atoms with Crippen LogP contribution in [0.3, 0.4) is 0 Å². The van der Waals surface area contributed by atoms with Crippen molar-refractivity contribution in [2.45, 2.75) is 25.8 Å². The molecule has 1 aromatic rings. The molecule has 1 aliphatic heterocycles. The SMILES string of the molecule is COCCNC(=O)C(C)N1CCCc2ccc(N)cc21. The Bertz CT molecular complexity index is 476. The van der Waals surface area contributed by atoms with Crippen molar-refractivity contribution in [3.05, 3.63) is 23.8 Å². The van der Waals surface area contributed by atoms with E-state index in [1.54, 1.807) is 7.11 Å². The monoisotopic (exact) mass is 277 g/mol. The number of rotatable bonds is 5. The van der Waals surface area contributed by atoms with Crippen molar-refractivity contribution < 1.29 is 9.53 Å². The summed E-state index contributed by atoms with van der Waals surface area (Å²) >= 11 is 0. The summed E-state index contributed by atoms with van der Waals surface area (Å²) in [5.41, 5.74) is 8.97. The molecule has 0 spiro atoms. The maximum atomic E-state index is 12.2. The van der Waals surface area contributed by atoms with E-state index < -0.39 is 0 Å². The summed E-state index contributed by atoms with van der Waals surface area (Å²) in [5, 5.41) is 2.89. The highest BCUT2D eigenvalue weighted by Gasteiger charge is 2.25. The predicted octanol–water partition coefficient (Wildman–Crippen LogP) is 1.17. The van der Waals surface area contributed by atoms with Gasteiger partial charge in [-0.2, -0.15) is 0 Å². The van der Waals surface area contributed by atoms with Gasteiger partial charge in [0.05, 0.1) is 6.61 Å². The number of aryl methyl sites for hydroxylation is 1. The lowest BCUT2D eigenvalue weighted by molar-refractivity contribution is -0.122. The number of nitrogens with zero attached hydrogens (tertiary/aromatic N) is 1. The molecule has 0 radical (unpaired) electrons. The van der Waals surface area contributed by atoms with Crippen LogP contribution in [0.25, 0.3) is 0 Å². The molecule has 20 heavy (non-hydrogen) atoms. The van der Waals surface area contributed by atoms with Crippen LogP contribution in [-0.2, 0) is 16.0 Å². The fraction of sp³-hybridized carbons (Fsp3) is 0.533. The van der Waals surface area contributed by atoms with Gasteiger partial charge in [-0.3, -0.25) is 4.79 Å². The maximum Gasteiger partial charge on any atom is 0.242 e. The summed E-state index contributed by atoms with van der Waals surface area (Å²) in [6, 6.07) is 5.75. The summed E-state index contributed by atoms with van der Waals surface area (Å²) in [6.45, 7) is 3.88. The minimum atomic E-state index is -0.201. The third kappa shape index (κ3) is 3.22. The molecule has 1 amide bonds. The van der Waals surface area contributed by atoms with Crippen molar-refractivity contribution in [2.75, 3.05) is 37.4 Å². The average molecular weight is 277 g/mol. The van der Waals surface area contributed by atoms with E-state index in [9.17, 15) is 4.79 Å². The number of carbonyl (C=O) groups is 1. The largest absolute Gasteiger partial charge is 0.399 e. The van der Waals surface area contributed by atoms with Crippen LogP contribution in [0, 0.1) is 0 Å². The second-order valence-corrected chi connectivity index (χ2v) is 5.14. The van der Waals surface area contributed by atoms with Crippen LogP contribution in [0.5, 0.6) is 0 Å². The van der Waals surface area contributed by atoms with Crippen molar-refractivity contribution in [3.63, 3.8) is 0 Å². The molecular formula is C15H23N3O2. The molecular weight excluding hydrogens is 254 g/mol. The number of ether oxygens (including phenoxy) is 1. The van der Waals surface area contributed by atoms with Gasteiger partial charge in [-0.25, -0.2) is 0 Å². The van der Waals surface area contributed by atoms with Gasteiger partial charge in [0, 0.05) is 31.6 Å². The summed E-state index contributed by atoms with van der Waals surface area (Å²) in [4.78, 5) is 14.3. The second kappa shape index (κ2) is 6.61. The van der Waals surface area contributed by atoms with Crippen LogP contribution < -0.4 is 16.0 Å². The van der Waals surface area contributed by atoms with Gasteiger partial charge in [0.15, 0.2) is 0 Å². The predicted molar refractivity (Wildman–Crippen MR) is 80.9 cm³/mol. The number of nitrogens with one attached hydrogen (secondary N) is 1. The highest BCUT2D eigenvalue weighted by molar-refractivity contribution is 5.85. The topological polar surface area (TPSA) is 67.6 Å². The van der Waals surface area contributed by atoms with Crippen molar-refractivity contribution in [1.82, 2.24) is 5.32 Å². The van der Waals surface area contributed by atoms with E-state index in [0.29, 0.717) is 13.2 Å². The van der Waals surface area contributed by atoms with Gasteiger partial charge in [-0.15, -0.1) is 0 Å². The van der Waals surface area contributed by atoms with Crippen LogP contribution >= 0.6 is 0 Å². The number of hydrogen-bond donors (Lipinski definition) is 2. The number of nitrogens with two attached hydrogens (primary N) is 1. The van der Waals surface area contributed by atoms with E-state index in [1.165, 1.54) is 5.56 Å². The van der Waals surface area contributed by atoms with Gasteiger partial charge >= 0.3 is 0 Å². The van der Waals surface area contributed by atoms with Crippen molar-refractivity contribution >= 4 is 17.3 Å². The molecule has 5 nitrogen and oxygen atoms in total. The fourth-order valence-corrected chi connectivity index (χ4v) is 2.59. The first-order chi connectivity index (χ1) is 9.63. The second-order valence-electron chi connectivity index (χ2n) is 5.14. The third-order valence-electron chi connectivity index (χ3n) is 3.72. The molecule has 0 saturated heterocycles. The summed E-state index contributed by atoms with van der Waals surface area (Å²) < 4.78 is 4.94. The molecule has 0 fully saturated rings. The van der Waals surface area contributed by atoms with Gasteiger partial charge in [0.2, 0.25) is 5.91 Å². The van der Waals surface area contributed by atoms with E-state index in [-0.39, 0.29) is 11.9 Å². The Morgan fingerprint density at radius 3 is 3.10 bits per heavy atom. The normalized spacial score (nSPS) is 15.6. The number of fused-ring (bicyclic) bond motifs is 1. The van der Waals surface area contributed by atoms with Crippen LogP contribution in [-0.4, -0.2) is 38.8 Å². The molecule has 110 valence electrons. The molecule has 0 aliphatic carbocycles. The summed E-state index contributed by atoms with van der Waals surface area (Å²) in [5.74, 6) is 0.0253. The van der Waals surface area contributed by atoms with Crippen LogP contribution in [0.1, 0.15) is 18.9 Å². The van der Waals surface area contributed by atoms with E-state index >= 15 is 0 Å². The number of methoxy groups -OCH3 is 1. The Kier molecular flexibility index (Phi) is 4.84. The van der Waals surface area contributed by atoms with E-state index in [1.807, 2.05) is 19.1 Å². The van der Waals surface area contributed by atoms with E-state index in [0.717, 1.165) is 30.8 Å². The molecule has 1 aliphatic rings. The lowest BCUT2D eigenvalue weighted by atomic mass is 9.99. The Hall–Kier alpha value is -1.75. The zero-order valence-corrected chi connectivity index (χ0v) is 12.2. The van der Waals surface area contributed by atoms with Gasteiger partial charge in [-0.1, -0.05) is 6.07 Å². The van der Waals surface area contributed by atoms with Gasteiger partial charge in [0.1, 0.15) is 6.04 Å². The molecule has 1 aromatic carbocycles. The van der Waals surface area contributed by atoms with Crippen molar-refractivity contribution in [3.8, 4) is 0 Å². The summed E-state index contributed by atoms with van der Waals surface area (Å²) in [6.07, 6.45) is 2.11. The average Bonchev–Trinajstić information content (AvgIpc) is 2.46. The highest BCUT2D eigenvalue weighted by Crippen LogP contribution is 2.30. The van der Waals surface area contributed by atoms with E-state index in [2.05, 4.69) is 16.3 Å². The number of carbonyl (C=O) groups excluding carboxylic acids is 1. The Morgan fingerprint density at radius 2 is 2.35 bits per heavy atom. The van der Waals surface area contributed by atoms with Crippen molar-refractivity contribution in [2.24, 2.45) is 0 Å². The molecule has 1 unspecified atom stereocenters. The lowest BCUT2D eigenvalue weighted by Crippen LogP contribution is -2.47. The van der Waals surface area contributed by atoms with Gasteiger partial charge in [0.25, 0.3) is 0 Å². The molecule has 0 bridgehead atoms. The number of amides is 1. The fourth-order valence-electron chi connectivity index (χ4n) is 2.59.